The molecule has 2 amide bonds. The summed E-state index contributed by atoms with van der Waals surface area (Å²) in [6.45, 7) is 0.605. The third-order valence-corrected chi connectivity index (χ3v) is 5.52. The van der Waals surface area contributed by atoms with Gasteiger partial charge >= 0.3 is 6.03 Å². The molecule has 1 atom stereocenters. The van der Waals surface area contributed by atoms with Gasteiger partial charge in [0.2, 0.25) is 0 Å². The Morgan fingerprint density at radius 3 is 2.62 bits per heavy atom. The van der Waals surface area contributed by atoms with E-state index in [9.17, 15) is 9.18 Å². The van der Waals surface area contributed by atoms with Crippen LogP contribution in [0.3, 0.4) is 0 Å². The van der Waals surface area contributed by atoms with E-state index in [-0.39, 0.29) is 17.9 Å². The molecular formula is C19H25FN2O2. The Morgan fingerprint density at radius 2 is 1.96 bits per heavy atom. The van der Waals surface area contributed by atoms with Crippen molar-refractivity contribution < 1.29 is 13.9 Å². The highest BCUT2D eigenvalue weighted by Crippen LogP contribution is 2.47. The van der Waals surface area contributed by atoms with E-state index in [1.807, 2.05) is 11.9 Å². The van der Waals surface area contributed by atoms with Crippen LogP contribution in [-0.4, -0.2) is 30.6 Å². The van der Waals surface area contributed by atoms with Gasteiger partial charge in [-0.2, -0.15) is 0 Å². The first-order chi connectivity index (χ1) is 11.6. The maximum atomic E-state index is 13.7. The summed E-state index contributed by atoms with van der Waals surface area (Å²) in [5.41, 5.74) is 0.753. The molecule has 3 aliphatic rings. The number of rotatable bonds is 4. The fraction of sp³-hybridized carbons (Fsp3) is 0.632. The summed E-state index contributed by atoms with van der Waals surface area (Å²) in [4.78, 5) is 14.7. The van der Waals surface area contributed by atoms with Crippen LogP contribution in [0.15, 0.2) is 18.2 Å². The Morgan fingerprint density at radius 1 is 1.25 bits per heavy atom. The SMILES string of the molecule is CN(C(=O)N[C@@H]1CCCOc2ccc(F)cc21)C(C1CC1)C1CC1. The number of carbonyl (C=O) groups excluding carboxylic acids is 1. The average molecular weight is 332 g/mol. The first-order valence-corrected chi connectivity index (χ1v) is 9.09. The molecule has 4 nitrogen and oxygen atoms in total. The molecule has 2 aliphatic carbocycles. The molecule has 0 radical (unpaired) electrons. The van der Waals surface area contributed by atoms with Crippen molar-refractivity contribution in [1.29, 1.82) is 0 Å². The maximum absolute atomic E-state index is 13.7. The van der Waals surface area contributed by atoms with Gasteiger partial charge in [0.25, 0.3) is 0 Å². The van der Waals surface area contributed by atoms with Crippen molar-refractivity contribution in [1.82, 2.24) is 10.2 Å². The summed E-state index contributed by atoms with van der Waals surface area (Å²) in [6.07, 6.45) is 6.58. The van der Waals surface area contributed by atoms with E-state index >= 15 is 0 Å². The average Bonchev–Trinajstić information content (AvgIpc) is 3.44. The Balaban J connectivity index is 1.49. The molecular weight excluding hydrogens is 307 g/mol. The molecule has 2 saturated carbocycles. The molecule has 1 aromatic carbocycles. The maximum Gasteiger partial charge on any atom is 0.317 e. The van der Waals surface area contributed by atoms with Crippen molar-refractivity contribution in [3.8, 4) is 5.75 Å². The second-order valence-electron chi connectivity index (χ2n) is 7.45. The van der Waals surface area contributed by atoms with Crippen LogP contribution in [0, 0.1) is 17.7 Å². The lowest BCUT2D eigenvalue weighted by atomic mass is 10.0. The number of hydrogen-bond donors (Lipinski definition) is 1. The van der Waals surface area contributed by atoms with E-state index in [0.29, 0.717) is 30.2 Å². The Labute approximate surface area is 142 Å². The van der Waals surface area contributed by atoms with E-state index in [0.717, 1.165) is 18.4 Å². The summed E-state index contributed by atoms with van der Waals surface area (Å²) < 4.78 is 19.4. The second-order valence-corrected chi connectivity index (χ2v) is 7.45. The van der Waals surface area contributed by atoms with Crippen molar-refractivity contribution in [3.05, 3.63) is 29.6 Å². The van der Waals surface area contributed by atoms with Crippen LogP contribution >= 0.6 is 0 Å². The molecule has 1 N–H and O–H groups in total. The minimum atomic E-state index is -0.291. The summed E-state index contributed by atoms with van der Waals surface area (Å²) in [7, 11) is 1.91. The zero-order valence-corrected chi connectivity index (χ0v) is 14.1. The highest BCUT2D eigenvalue weighted by atomic mass is 19.1. The van der Waals surface area contributed by atoms with E-state index in [4.69, 9.17) is 4.74 Å². The van der Waals surface area contributed by atoms with E-state index in [2.05, 4.69) is 5.32 Å². The molecule has 0 aromatic heterocycles. The largest absolute Gasteiger partial charge is 0.493 e. The predicted molar refractivity (Wildman–Crippen MR) is 89.4 cm³/mol. The van der Waals surface area contributed by atoms with Crippen LogP contribution < -0.4 is 10.1 Å². The topological polar surface area (TPSA) is 41.6 Å². The van der Waals surface area contributed by atoms with E-state index < -0.39 is 0 Å². The van der Waals surface area contributed by atoms with Gasteiger partial charge in [0, 0.05) is 18.7 Å². The van der Waals surface area contributed by atoms with Gasteiger partial charge in [-0.25, -0.2) is 9.18 Å². The smallest absolute Gasteiger partial charge is 0.317 e. The third-order valence-electron chi connectivity index (χ3n) is 5.52. The number of nitrogens with one attached hydrogen (secondary N) is 1. The van der Waals surface area contributed by atoms with Crippen molar-refractivity contribution in [2.75, 3.05) is 13.7 Å². The molecule has 0 bridgehead atoms. The summed E-state index contributed by atoms with van der Waals surface area (Å²) in [5.74, 6) is 1.74. The van der Waals surface area contributed by atoms with Crippen LogP contribution in [-0.2, 0) is 0 Å². The first-order valence-electron chi connectivity index (χ1n) is 9.09. The number of benzene rings is 1. The fourth-order valence-electron chi connectivity index (χ4n) is 3.98. The predicted octanol–water partition coefficient (Wildman–Crippen LogP) is 3.87. The van der Waals surface area contributed by atoms with Crippen LogP contribution in [0.4, 0.5) is 9.18 Å². The number of hydrogen-bond acceptors (Lipinski definition) is 2. The molecule has 1 aromatic rings. The Kier molecular flexibility index (Phi) is 4.10. The molecule has 24 heavy (non-hydrogen) atoms. The van der Waals surface area contributed by atoms with Gasteiger partial charge in [-0.1, -0.05) is 0 Å². The van der Waals surface area contributed by atoms with Gasteiger partial charge in [0.05, 0.1) is 12.6 Å². The van der Waals surface area contributed by atoms with Crippen LogP contribution in [0.5, 0.6) is 5.75 Å². The Hall–Kier alpha value is -1.78. The number of halogens is 1. The Bertz CT molecular complexity index is 616. The molecule has 1 aliphatic heterocycles. The minimum Gasteiger partial charge on any atom is -0.493 e. The molecule has 0 saturated heterocycles. The first kappa shape index (κ1) is 15.7. The summed E-state index contributed by atoms with van der Waals surface area (Å²) in [5, 5.41) is 3.13. The minimum absolute atomic E-state index is 0.0408. The normalized spacial score (nSPS) is 23.2. The lowest BCUT2D eigenvalue weighted by molar-refractivity contribution is 0.170. The number of ether oxygens (including phenoxy) is 1. The van der Waals surface area contributed by atoms with Gasteiger partial charge in [-0.15, -0.1) is 0 Å². The van der Waals surface area contributed by atoms with Gasteiger partial charge in [0.1, 0.15) is 11.6 Å². The number of urea groups is 1. The van der Waals surface area contributed by atoms with Gasteiger partial charge in [0.15, 0.2) is 0 Å². The van der Waals surface area contributed by atoms with Crippen molar-refractivity contribution in [3.63, 3.8) is 0 Å². The molecule has 2 fully saturated rings. The van der Waals surface area contributed by atoms with Crippen LogP contribution in [0.25, 0.3) is 0 Å². The molecule has 4 rings (SSSR count). The van der Waals surface area contributed by atoms with Crippen molar-refractivity contribution in [2.45, 2.75) is 50.6 Å². The standard InChI is InChI=1S/C19H25FN2O2/c1-22(18(12-4-5-12)13-6-7-13)19(23)21-16-3-2-10-24-17-9-8-14(20)11-15(16)17/h8-9,11-13,16,18H,2-7,10H2,1H3,(H,21,23)/t16-/m1/s1. The monoisotopic (exact) mass is 332 g/mol. The van der Waals surface area contributed by atoms with Gasteiger partial charge in [-0.3, -0.25) is 0 Å². The molecule has 1 heterocycles. The summed E-state index contributed by atoms with van der Waals surface area (Å²) in [6, 6.07) is 4.71. The highest BCUT2D eigenvalue weighted by Gasteiger charge is 2.45. The summed E-state index contributed by atoms with van der Waals surface area (Å²) >= 11 is 0. The molecule has 0 spiro atoms. The quantitative estimate of drug-likeness (QED) is 0.909. The third kappa shape index (κ3) is 3.21. The zero-order valence-electron chi connectivity index (χ0n) is 14.1. The van der Waals surface area contributed by atoms with Crippen molar-refractivity contribution >= 4 is 6.03 Å². The lowest BCUT2D eigenvalue weighted by Crippen LogP contribution is -2.46. The fourth-order valence-corrected chi connectivity index (χ4v) is 3.98. The zero-order chi connectivity index (χ0) is 16.7. The van der Waals surface area contributed by atoms with Gasteiger partial charge < -0.3 is 15.0 Å². The molecule has 0 unspecified atom stereocenters. The number of fused-ring (bicyclic) bond motifs is 1. The van der Waals surface area contributed by atoms with Crippen LogP contribution in [0.1, 0.15) is 50.1 Å². The molecule has 5 heteroatoms. The molecule has 130 valence electrons. The van der Waals surface area contributed by atoms with E-state index in [1.165, 1.54) is 37.8 Å². The number of carbonyl (C=O) groups is 1. The highest BCUT2D eigenvalue weighted by molar-refractivity contribution is 5.75. The number of nitrogens with zero attached hydrogens (tertiary/aromatic N) is 1. The van der Waals surface area contributed by atoms with Crippen LogP contribution in [0.2, 0.25) is 0 Å². The van der Waals surface area contributed by atoms with Gasteiger partial charge in [-0.05, 0) is 68.6 Å². The second kappa shape index (κ2) is 6.26. The number of amides is 2. The van der Waals surface area contributed by atoms with Crippen molar-refractivity contribution in [2.24, 2.45) is 11.8 Å². The van der Waals surface area contributed by atoms with E-state index in [1.54, 1.807) is 6.07 Å². The lowest BCUT2D eigenvalue weighted by Gasteiger charge is -2.30.